The van der Waals surface area contributed by atoms with E-state index in [1.165, 1.54) is 19.2 Å². The minimum atomic E-state index is -4.50. The van der Waals surface area contributed by atoms with Gasteiger partial charge in [-0.1, -0.05) is 18.2 Å². The van der Waals surface area contributed by atoms with Gasteiger partial charge in [0.05, 0.1) is 36.1 Å². The SMILES string of the molecule is COc1ccc([C@@H]2[C@H]3CCCC=C3C(C#N)=C(N)C2(C#N)C#N)cc1COc1cccc(C(F)(F)F)c1. The number of methoxy groups -OCH3 is 1. The van der Waals surface area contributed by atoms with Crippen LogP contribution in [0.2, 0.25) is 0 Å². The third-order valence-electron chi connectivity index (χ3n) is 7.02. The van der Waals surface area contributed by atoms with Crippen LogP contribution in [0.15, 0.2) is 65.4 Å². The van der Waals surface area contributed by atoms with Crippen LogP contribution < -0.4 is 15.2 Å². The number of nitrogens with two attached hydrogens (primary N) is 1. The number of benzene rings is 2. The molecule has 0 fully saturated rings. The fourth-order valence-corrected chi connectivity index (χ4v) is 5.28. The maximum atomic E-state index is 13.1. The average Bonchev–Trinajstić information content (AvgIpc) is 2.91. The van der Waals surface area contributed by atoms with Crippen LogP contribution in [0.25, 0.3) is 0 Å². The molecule has 0 aliphatic heterocycles. The summed E-state index contributed by atoms with van der Waals surface area (Å²) in [5.41, 5.74) is 5.76. The Kier molecular flexibility index (Phi) is 6.88. The van der Waals surface area contributed by atoms with Gasteiger partial charge in [-0.25, -0.2) is 0 Å². The Bertz CT molecular complexity index is 1390. The lowest BCUT2D eigenvalue weighted by Gasteiger charge is -2.43. The molecule has 6 nitrogen and oxygen atoms in total. The minimum absolute atomic E-state index is 0.0340. The molecule has 2 aliphatic carbocycles. The molecular weight excluding hydrogens is 481 g/mol. The van der Waals surface area contributed by atoms with Crippen LogP contribution in [0.3, 0.4) is 0 Å². The Morgan fingerprint density at radius 3 is 2.51 bits per heavy atom. The molecule has 0 radical (unpaired) electrons. The first kappa shape index (κ1) is 25.7. The summed E-state index contributed by atoms with van der Waals surface area (Å²) in [6, 6.07) is 16.0. The standard InChI is InChI=1S/C28H23F3N4O2/c1-36-24-10-9-17(11-18(24)14-37-20-6-4-5-19(12-20)28(29,30)31)25-22-8-3-2-7-21(22)23(13-32)26(35)27(25,15-33)16-34/h4-7,9-12,22,25H,2-3,8,14,35H2,1H3/t22-,25+/m0/s1. The number of nitrogens with zero attached hydrogens (tertiary/aromatic N) is 3. The second-order valence-electron chi connectivity index (χ2n) is 8.99. The molecule has 37 heavy (non-hydrogen) atoms. The Morgan fingerprint density at radius 2 is 1.86 bits per heavy atom. The van der Waals surface area contributed by atoms with Gasteiger partial charge < -0.3 is 15.2 Å². The van der Waals surface area contributed by atoms with Crippen molar-refractivity contribution in [3.05, 3.63) is 82.1 Å². The van der Waals surface area contributed by atoms with Gasteiger partial charge >= 0.3 is 6.18 Å². The van der Waals surface area contributed by atoms with Crippen molar-refractivity contribution in [3.63, 3.8) is 0 Å². The summed E-state index contributed by atoms with van der Waals surface area (Å²) in [6.07, 6.45) is -0.287. The predicted molar refractivity (Wildman–Crippen MR) is 127 cm³/mol. The van der Waals surface area contributed by atoms with Crippen LogP contribution in [-0.4, -0.2) is 7.11 Å². The van der Waals surface area contributed by atoms with Crippen LogP contribution >= 0.6 is 0 Å². The van der Waals surface area contributed by atoms with E-state index in [1.54, 1.807) is 18.2 Å². The number of allylic oxidation sites excluding steroid dienone is 4. The summed E-state index contributed by atoms with van der Waals surface area (Å²) < 4.78 is 50.4. The van der Waals surface area contributed by atoms with E-state index in [0.29, 0.717) is 23.3 Å². The molecule has 0 saturated heterocycles. The molecule has 4 rings (SSSR count). The lowest BCUT2D eigenvalue weighted by molar-refractivity contribution is -0.137. The molecule has 0 amide bonds. The van der Waals surface area contributed by atoms with Gasteiger partial charge in [-0.05, 0) is 66.6 Å². The van der Waals surface area contributed by atoms with Crippen LogP contribution in [0.5, 0.6) is 11.5 Å². The molecule has 0 saturated carbocycles. The smallest absolute Gasteiger partial charge is 0.416 e. The molecule has 2 atom stereocenters. The Balaban J connectivity index is 1.77. The minimum Gasteiger partial charge on any atom is -0.496 e. The van der Waals surface area contributed by atoms with Crippen molar-refractivity contribution >= 4 is 0 Å². The van der Waals surface area contributed by atoms with E-state index >= 15 is 0 Å². The molecule has 0 unspecified atom stereocenters. The highest BCUT2D eigenvalue weighted by molar-refractivity contribution is 5.59. The molecule has 0 aromatic heterocycles. The zero-order chi connectivity index (χ0) is 26.8. The van der Waals surface area contributed by atoms with Gasteiger partial charge in [0.25, 0.3) is 0 Å². The monoisotopic (exact) mass is 504 g/mol. The molecular formula is C28H23F3N4O2. The van der Waals surface area contributed by atoms with E-state index in [9.17, 15) is 29.0 Å². The van der Waals surface area contributed by atoms with Gasteiger partial charge in [-0.3, -0.25) is 0 Å². The van der Waals surface area contributed by atoms with E-state index in [1.807, 2.05) is 6.08 Å². The first-order valence-electron chi connectivity index (χ1n) is 11.6. The summed E-state index contributed by atoms with van der Waals surface area (Å²) in [6.45, 7) is -0.112. The maximum absolute atomic E-state index is 13.1. The molecule has 2 aromatic rings. The van der Waals surface area contributed by atoms with E-state index in [0.717, 1.165) is 30.5 Å². The van der Waals surface area contributed by atoms with Crippen LogP contribution in [0.4, 0.5) is 13.2 Å². The zero-order valence-corrected chi connectivity index (χ0v) is 20.0. The van der Waals surface area contributed by atoms with E-state index in [4.69, 9.17) is 15.2 Å². The molecule has 188 valence electrons. The number of hydrogen-bond donors (Lipinski definition) is 1. The van der Waals surface area contributed by atoms with Crippen molar-refractivity contribution in [2.24, 2.45) is 17.1 Å². The van der Waals surface area contributed by atoms with Crippen LogP contribution in [0.1, 0.15) is 41.9 Å². The third kappa shape index (κ3) is 4.47. The van der Waals surface area contributed by atoms with E-state index in [-0.39, 0.29) is 29.5 Å². The second kappa shape index (κ2) is 9.91. The predicted octanol–water partition coefficient (Wildman–Crippen LogP) is 5.89. The van der Waals surface area contributed by atoms with Gasteiger partial charge in [-0.15, -0.1) is 0 Å². The van der Waals surface area contributed by atoms with E-state index in [2.05, 4.69) is 18.2 Å². The first-order chi connectivity index (χ1) is 17.7. The zero-order valence-electron chi connectivity index (χ0n) is 20.0. The van der Waals surface area contributed by atoms with Crippen LogP contribution in [0, 0.1) is 45.3 Å². The average molecular weight is 505 g/mol. The fourth-order valence-electron chi connectivity index (χ4n) is 5.28. The van der Waals surface area contributed by atoms with Crippen molar-refractivity contribution < 1.29 is 22.6 Å². The lowest BCUT2D eigenvalue weighted by Crippen LogP contribution is -2.42. The van der Waals surface area contributed by atoms with Gasteiger partial charge in [0.15, 0.2) is 5.41 Å². The maximum Gasteiger partial charge on any atom is 0.416 e. The Labute approximate surface area is 212 Å². The Morgan fingerprint density at radius 1 is 1.11 bits per heavy atom. The van der Waals surface area contributed by atoms with Gasteiger partial charge in [-0.2, -0.15) is 29.0 Å². The van der Waals surface area contributed by atoms with Crippen molar-refractivity contribution in [1.29, 1.82) is 15.8 Å². The molecule has 2 N–H and O–H groups in total. The quantitative estimate of drug-likeness (QED) is 0.543. The lowest BCUT2D eigenvalue weighted by atomic mass is 9.56. The summed E-state index contributed by atoms with van der Waals surface area (Å²) in [5, 5.41) is 30.2. The van der Waals surface area contributed by atoms with Crippen molar-refractivity contribution in [2.45, 2.75) is 38.0 Å². The number of fused-ring (bicyclic) bond motifs is 1. The van der Waals surface area contributed by atoms with Crippen molar-refractivity contribution in [3.8, 4) is 29.7 Å². The highest BCUT2D eigenvalue weighted by atomic mass is 19.4. The molecule has 2 aromatic carbocycles. The van der Waals surface area contributed by atoms with Gasteiger partial charge in [0.2, 0.25) is 0 Å². The van der Waals surface area contributed by atoms with Crippen molar-refractivity contribution in [2.75, 3.05) is 7.11 Å². The number of rotatable bonds is 5. The normalized spacial score (nSPS) is 20.5. The number of nitriles is 3. The summed E-state index contributed by atoms with van der Waals surface area (Å²) in [4.78, 5) is 0. The molecule has 0 bridgehead atoms. The van der Waals surface area contributed by atoms with E-state index < -0.39 is 23.1 Å². The second-order valence-corrected chi connectivity index (χ2v) is 8.99. The van der Waals surface area contributed by atoms with Crippen LogP contribution in [-0.2, 0) is 12.8 Å². The topological polar surface area (TPSA) is 116 Å². The highest BCUT2D eigenvalue weighted by Gasteiger charge is 2.53. The van der Waals surface area contributed by atoms with Crippen molar-refractivity contribution in [1.82, 2.24) is 0 Å². The van der Waals surface area contributed by atoms with Gasteiger partial charge in [0.1, 0.15) is 24.2 Å². The number of halogens is 3. The Hall–Kier alpha value is -4.42. The number of alkyl halides is 3. The molecule has 0 spiro atoms. The molecule has 2 aliphatic rings. The summed E-state index contributed by atoms with van der Waals surface area (Å²) in [5.74, 6) is -0.469. The summed E-state index contributed by atoms with van der Waals surface area (Å²) in [7, 11) is 1.46. The summed E-state index contributed by atoms with van der Waals surface area (Å²) >= 11 is 0. The third-order valence-corrected chi connectivity index (χ3v) is 7.02. The fraction of sp³-hybridized carbons (Fsp3) is 0.321. The number of hydrogen-bond acceptors (Lipinski definition) is 6. The largest absolute Gasteiger partial charge is 0.496 e. The molecule has 0 heterocycles. The first-order valence-corrected chi connectivity index (χ1v) is 11.6. The highest BCUT2D eigenvalue weighted by Crippen LogP contribution is 2.56. The number of ether oxygens (including phenoxy) is 2. The molecule has 9 heteroatoms. The van der Waals surface area contributed by atoms with Gasteiger partial charge in [0, 0.05) is 11.5 Å².